The molecule has 0 bridgehead atoms. The summed E-state index contributed by atoms with van der Waals surface area (Å²) in [5, 5.41) is 21.3. The van der Waals surface area contributed by atoms with Crippen molar-refractivity contribution in [3.8, 4) is 5.75 Å². The Morgan fingerprint density at radius 1 is 0.758 bits per heavy atom. The Morgan fingerprint density at radius 2 is 1.18 bits per heavy atom. The van der Waals surface area contributed by atoms with E-state index in [1.54, 1.807) is 12.1 Å². The fourth-order valence-electron chi connectivity index (χ4n) is 3.99. The van der Waals surface area contributed by atoms with Crippen LogP contribution in [0.3, 0.4) is 0 Å². The number of benzene rings is 1. The summed E-state index contributed by atoms with van der Waals surface area (Å²) >= 11 is 0. The van der Waals surface area contributed by atoms with Crippen molar-refractivity contribution >= 4 is 63.3 Å². The third-order valence-electron chi connectivity index (χ3n) is 6.02. The molecule has 0 aliphatic heterocycles. The minimum absolute atomic E-state index is 0. The van der Waals surface area contributed by atoms with Gasteiger partial charge in [-0.3, -0.25) is 4.79 Å². The van der Waals surface area contributed by atoms with Crippen LogP contribution in [-0.4, -0.2) is 79.5 Å². The molecule has 1 unspecified atom stereocenters. The van der Waals surface area contributed by atoms with Crippen LogP contribution in [0.15, 0.2) is 24.3 Å². The molecule has 0 fully saturated rings. The number of carboxylic acids is 1. The van der Waals surface area contributed by atoms with Gasteiger partial charge in [-0.25, -0.2) is 4.79 Å². The summed E-state index contributed by atoms with van der Waals surface area (Å²) in [5.74, 6) is -1.10. The quantitative estimate of drug-likeness (QED) is 0.153. The van der Waals surface area contributed by atoms with Crippen molar-refractivity contribution in [2.75, 3.05) is 0 Å². The predicted molar refractivity (Wildman–Crippen MR) is 138 cm³/mol. The molecule has 3 N–H and O–H groups in total. The van der Waals surface area contributed by atoms with E-state index in [0.717, 1.165) is 24.8 Å². The Labute approximate surface area is 243 Å². The minimum atomic E-state index is -1.04. The topological polar surface area (TPSA) is 86.6 Å². The number of amides is 1. The van der Waals surface area contributed by atoms with Crippen LogP contribution in [-0.2, 0) is 16.0 Å². The van der Waals surface area contributed by atoms with Crippen LogP contribution in [0.25, 0.3) is 0 Å². The first-order valence-electron chi connectivity index (χ1n) is 12.8. The van der Waals surface area contributed by atoms with E-state index in [9.17, 15) is 19.8 Å². The number of rotatable bonds is 20. The van der Waals surface area contributed by atoms with Gasteiger partial charge in [-0.05, 0) is 24.1 Å². The summed E-state index contributed by atoms with van der Waals surface area (Å²) in [7, 11) is 0. The van der Waals surface area contributed by atoms with Crippen molar-refractivity contribution in [2.24, 2.45) is 0 Å². The van der Waals surface area contributed by atoms with E-state index < -0.39 is 12.0 Å². The van der Waals surface area contributed by atoms with E-state index in [-0.39, 0.29) is 69.5 Å². The first-order valence-corrected chi connectivity index (χ1v) is 12.8. The summed E-state index contributed by atoms with van der Waals surface area (Å²) < 4.78 is 0. The van der Waals surface area contributed by atoms with Crippen molar-refractivity contribution in [1.29, 1.82) is 0 Å². The van der Waals surface area contributed by atoms with Gasteiger partial charge in [-0.2, -0.15) is 0 Å². The third kappa shape index (κ3) is 18.6. The van der Waals surface area contributed by atoms with E-state index in [4.69, 9.17) is 0 Å². The number of hydrogen-bond acceptors (Lipinski definition) is 3. The molecule has 0 aromatic heterocycles. The number of hydrogen-bond donors (Lipinski definition) is 3. The van der Waals surface area contributed by atoms with Crippen LogP contribution in [0, 0.1) is 0 Å². The van der Waals surface area contributed by atoms with Crippen molar-refractivity contribution in [3.05, 3.63) is 29.8 Å². The van der Waals surface area contributed by atoms with E-state index >= 15 is 0 Å². The number of aliphatic carboxylic acids is 1. The van der Waals surface area contributed by atoms with Gasteiger partial charge in [0.25, 0.3) is 0 Å². The van der Waals surface area contributed by atoms with E-state index in [1.165, 1.54) is 89.2 Å². The molecule has 0 heterocycles. The average molecular weight is 488 g/mol. The van der Waals surface area contributed by atoms with E-state index in [1.807, 2.05) is 0 Å². The van der Waals surface area contributed by atoms with Gasteiger partial charge < -0.3 is 15.5 Å². The van der Waals surface area contributed by atoms with Crippen LogP contribution < -0.4 is 5.32 Å². The normalized spacial score (nSPS) is 11.5. The van der Waals surface area contributed by atoms with Gasteiger partial charge in [0.05, 0.1) is 0 Å². The molecule has 0 saturated heterocycles. The second-order valence-electron chi connectivity index (χ2n) is 9.03. The van der Waals surface area contributed by atoms with Gasteiger partial charge in [0.15, 0.2) is 0 Å². The van der Waals surface area contributed by atoms with Crippen molar-refractivity contribution in [1.82, 2.24) is 5.32 Å². The zero-order valence-corrected chi connectivity index (χ0v) is 20.1. The molecule has 1 aromatic rings. The first kappa shape index (κ1) is 32.6. The van der Waals surface area contributed by atoms with Gasteiger partial charge in [0, 0.05) is 12.8 Å². The number of nitrogens with one attached hydrogen (secondary N) is 1. The number of carbonyl (C=O) groups excluding carboxylic acids is 1. The number of aromatic hydroxyl groups is 1. The van der Waals surface area contributed by atoms with Crippen LogP contribution in [0.2, 0.25) is 0 Å². The molecule has 5 nitrogen and oxygen atoms in total. The summed E-state index contributed by atoms with van der Waals surface area (Å²) in [4.78, 5) is 23.6. The molecule has 0 radical (unpaired) electrons. The standard InChI is InChI=1S/C27H45NO4.K.H/c1-2-3-4-5-6-7-8-9-10-11-12-13-14-15-16-17-26(30)28-25(27(31)32)22-23-18-20-24(29)21-19-23;;/h18-21,25,29H,2-17,22H2,1H3,(H,28,30)(H,31,32);;. The van der Waals surface area contributed by atoms with Gasteiger partial charge in [-0.15, -0.1) is 0 Å². The predicted octanol–water partition coefficient (Wildman–Crippen LogP) is 6.12. The monoisotopic (exact) mass is 487 g/mol. The summed E-state index contributed by atoms with van der Waals surface area (Å²) in [6, 6.07) is 5.44. The fraction of sp³-hybridized carbons (Fsp3) is 0.704. The van der Waals surface area contributed by atoms with Gasteiger partial charge in [0.1, 0.15) is 11.8 Å². The first-order chi connectivity index (χ1) is 15.5. The molecule has 0 aliphatic rings. The van der Waals surface area contributed by atoms with Gasteiger partial charge in [-0.1, -0.05) is 109 Å². The second-order valence-corrected chi connectivity index (χ2v) is 9.03. The number of carbonyl (C=O) groups is 2. The Bertz CT molecular complexity index is 621. The van der Waals surface area contributed by atoms with Crippen LogP contribution in [0.4, 0.5) is 0 Å². The summed E-state index contributed by atoms with van der Waals surface area (Å²) in [5.41, 5.74) is 0.766. The third-order valence-corrected chi connectivity index (χ3v) is 6.02. The van der Waals surface area contributed by atoms with Crippen molar-refractivity contribution < 1.29 is 19.8 Å². The van der Waals surface area contributed by atoms with E-state index in [0.29, 0.717) is 6.42 Å². The molecular formula is C27H46KNO4. The molecule has 1 rings (SSSR count). The van der Waals surface area contributed by atoms with Crippen LogP contribution in [0.5, 0.6) is 5.75 Å². The maximum absolute atomic E-state index is 12.1. The number of carboxylic acid groups (broad SMARTS) is 1. The molecule has 1 amide bonds. The maximum atomic E-state index is 12.1. The fourth-order valence-corrected chi connectivity index (χ4v) is 3.99. The Hall–Kier alpha value is -0.404. The number of phenolic OH excluding ortho intramolecular Hbond substituents is 1. The number of unbranched alkanes of at least 4 members (excludes halogenated alkanes) is 14. The molecular weight excluding hydrogens is 441 g/mol. The molecule has 6 heteroatoms. The van der Waals surface area contributed by atoms with Crippen molar-refractivity contribution in [3.63, 3.8) is 0 Å². The molecule has 0 aliphatic carbocycles. The zero-order chi connectivity index (χ0) is 23.4. The summed E-state index contributed by atoms with van der Waals surface area (Å²) in [6.07, 6.45) is 19.7. The summed E-state index contributed by atoms with van der Waals surface area (Å²) in [6.45, 7) is 2.26. The Balaban J connectivity index is 0.0000102. The van der Waals surface area contributed by atoms with Crippen LogP contribution in [0.1, 0.15) is 115 Å². The molecule has 1 atom stereocenters. The van der Waals surface area contributed by atoms with Crippen LogP contribution >= 0.6 is 0 Å². The van der Waals surface area contributed by atoms with Gasteiger partial charge >= 0.3 is 57.4 Å². The molecule has 33 heavy (non-hydrogen) atoms. The molecule has 0 saturated carbocycles. The molecule has 184 valence electrons. The molecule has 1 aromatic carbocycles. The van der Waals surface area contributed by atoms with E-state index in [2.05, 4.69) is 12.2 Å². The number of phenols is 1. The van der Waals surface area contributed by atoms with Gasteiger partial charge in [0.2, 0.25) is 5.91 Å². The second kappa shape index (κ2) is 22.1. The Kier molecular flexibility index (Phi) is 21.8. The molecule has 0 spiro atoms. The zero-order valence-electron chi connectivity index (χ0n) is 20.1. The SMILES string of the molecule is CCCCCCCCCCCCCCCCCC(=O)NC(Cc1ccc(O)cc1)C(=O)O.[KH]. The van der Waals surface area contributed by atoms with Crippen molar-refractivity contribution in [2.45, 2.75) is 122 Å². The Morgan fingerprint density at radius 3 is 1.61 bits per heavy atom. The average Bonchev–Trinajstić information content (AvgIpc) is 2.77.